The van der Waals surface area contributed by atoms with E-state index in [0.29, 0.717) is 19.0 Å². The number of carbonyl (C=O) groups is 2. The van der Waals surface area contributed by atoms with Crippen LogP contribution in [0.5, 0.6) is 0 Å². The molecule has 0 radical (unpaired) electrons. The average Bonchev–Trinajstić information content (AvgIpc) is 3.25. The minimum atomic E-state index is 0.0478. The zero-order valence-corrected chi connectivity index (χ0v) is 14.0. The van der Waals surface area contributed by atoms with Crippen molar-refractivity contribution in [1.82, 2.24) is 15.1 Å². The van der Waals surface area contributed by atoms with Gasteiger partial charge in [0.15, 0.2) is 0 Å². The van der Waals surface area contributed by atoms with Crippen LogP contribution in [0.2, 0.25) is 0 Å². The Hall–Kier alpha value is -1.14. The van der Waals surface area contributed by atoms with Gasteiger partial charge in [-0.25, -0.2) is 0 Å². The van der Waals surface area contributed by atoms with Crippen molar-refractivity contribution in [2.24, 2.45) is 5.92 Å². The second-order valence-electron chi connectivity index (χ2n) is 7.05. The second-order valence-corrected chi connectivity index (χ2v) is 7.05. The Kier molecular flexibility index (Phi) is 5.89. The molecule has 3 aliphatic rings. The summed E-state index contributed by atoms with van der Waals surface area (Å²) in [5.74, 6) is 0.428. The van der Waals surface area contributed by atoms with Crippen molar-refractivity contribution in [2.75, 3.05) is 45.9 Å². The SMILES string of the molecule is O=C(CN1CCC(C(=O)N2CCCCC2)C1)NCC1CCCO1. The van der Waals surface area contributed by atoms with Crippen molar-refractivity contribution in [3.63, 3.8) is 0 Å². The molecule has 23 heavy (non-hydrogen) atoms. The van der Waals surface area contributed by atoms with Crippen LogP contribution in [0.3, 0.4) is 0 Å². The van der Waals surface area contributed by atoms with E-state index >= 15 is 0 Å². The fraction of sp³-hybridized carbons (Fsp3) is 0.882. The van der Waals surface area contributed by atoms with Crippen LogP contribution in [0.25, 0.3) is 0 Å². The van der Waals surface area contributed by atoms with Crippen LogP contribution in [0.15, 0.2) is 0 Å². The van der Waals surface area contributed by atoms with Gasteiger partial charge in [0.1, 0.15) is 0 Å². The molecule has 0 saturated carbocycles. The minimum absolute atomic E-state index is 0.0478. The molecular formula is C17H29N3O3. The third-order valence-electron chi connectivity index (χ3n) is 5.21. The van der Waals surface area contributed by atoms with Crippen LogP contribution in [-0.2, 0) is 14.3 Å². The lowest BCUT2D eigenvalue weighted by Gasteiger charge is -2.29. The number of rotatable bonds is 5. The number of likely N-dealkylation sites (tertiary alicyclic amines) is 2. The van der Waals surface area contributed by atoms with Gasteiger partial charge in [-0.3, -0.25) is 14.5 Å². The summed E-state index contributed by atoms with van der Waals surface area (Å²) in [6.45, 7) is 5.22. The molecule has 6 heteroatoms. The first-order valence-electron chi connectivity index (χ1n) is 9.12. The summed E-state index contributed by atoms with van der Waals surface area (Å²) in [5, 5.41) is 2.96. The fourth-order valence-corrected chi connectivity index (χ4v) is 3.84. The third-order valence-corrected chi connectivity index (χ3v) is 5.21. The van der Waals surface area contributed by atoms with E-state index in [2.05, 4.69) is 10.2 Å². The summed E-state index contributed by atoms with van der Waals surface area (Å²) in [6, 6.07) is 0. The first kappa shape index (κ1) is 16.7. The number of nitrogens with zero attached hydrogens (tertiary/aromatic N) is 2. The van der Waals surface area contributed by atoms with Gasteiger partial charge in [0, 0.05) is 32.8 Å². The van der Waals surface area contributed by atoms with Crippen molar-refractivity contribution in [3.8, 4) is 0 Å². The highest BCUT2D eigenvalue weighted by atomic mass is 16.5. The Balaban J connectivity index is 1.37. The maximum absolute atomic E-state index is 12.5. The highest BCUT2D eigenvalue weighted by Crippen LogP contribution is 2.21. The largest absolute Gasteiger partial charge is 0.376 e. The molecule has 3 aliphatic heterocycles. The molecule has 2 atom stereocenters. The average molecular weight is 323 g/mol. The van der Waals surface area contributed by atoms with Crippen molar-refractivity contribution < 1.29 is 14.3 Å². The highest BCUT2D eigenvalue weighted by molar-refractivity contribution is 5.80. The van der Waals surface area contributed by atoms with Crippen LogP contribution in [0, 0.1) is 5.92 Å². The molecular weight excluding hydrogens is 294 g/mol. The third kappa shape index (κ3) is 4.67. The molecule has 3 rings (SSSR count). The van der Waals surface area contributed by atoms with Gasteiger partial charge >= 0.3 is 0 Å². The summed E-state index contributed by atoms with van der Waals surface area (Å²) in [4.78, 5) is 28.7. The quantitative estimate of drug-likeness (QED) is 0.805. The maximum atomic E-state index is 12.5. The Labute approximate surface area is 138 Å². The van der Waals surface area contributed by atoms with E-state index in [9.17, 15) is 9.59 Å². The molecule has 0 aliphatic carbocycles. The van der Waals surface area contributed by atoms with Crippen LogP contribution in [-0.4, -0.2) is 73.6 Å². The molecule has 2 unspecified atom stereocenters. The molecule has 130 valence electrons. The molecule has 0 aromatic carbocycles. The van der Waals surface area contributed by atoms with Crippen molar-refractivity contribution >= 4 is 11.8 Å². The molecule has 3 saturated heterocycles. The van der Waals surface area contributed by atoms with E-state index in [1.54, 1.807) is 0 Å². The standard InChI is InChI=1S/C17H29N3O3/c21-16(18-11-15-5-4-10-23-15)13-19-9-6-14(12-19)17(22)20-7-2-1-3-8-20/h14-15H,1-13H2,(H,18,21). The van der Waals surface area contributed by atoms with E-state index < -0.39 is 0 Å². The zero-order chi connectivity index (χ0) is 16.1. The topological polar surface area (TPSA) is 61.9 Å². The molecule has 2 amide bonds. The fourth-order valence-electron chi connectivity index (χ4n) is 3.84. The second kappa shape index (κ2) is 8.11. The summed E-state index contributed by atoms with van der Waals surface area (Å²) in [5.41, 5.74) is 0. The summed E-state index contributed by atoms with van der Waals surface area (Å²) >= 11 is 0. The smallest absolute Gasteiger partial charge is 0.234 e. The van der Waals surface area contributed by atoms with Crippen LogP contribution in [0.4, 0.5) is 0 Å². The van der Waals surface area contributed by atoms with E-state index in [1.807, 2.05) is 4.90 Å². The normalized spacial score (nSPS) is 29.0. The van der Waals surface area contributed by atoms with Crippen molar-refractivity contribution in [2.45, 2.75) is 44.6 Å². The lowest BCUT2D eigenvalue weighted by atomic mass is 10.0. The summed E-state index contributed by atoms with van der Waals surface area (Å²) in [7, 11) is 0. The lowest BCUT2D eigenvalue weighted by Crippen LogP contribution is -2.42. The summed E-state index contributed by atoms with van der Waals surface area (Å²) < 4.78 is 5.51. The Morgan fingerprint density at radius 1 is 1.04 bits per heavy atom. The Morgan fingerprint density at radius 3 is 2.61 bits per heavy atom. The molecule has 3 fully saturated rings. The molecule has 0 spiro atoms. The molecule has 0 aromatic rings. The molecule has 0 bridgehead atoms. The first-order valence-corrected chi connectivity index (χ1v) is 9.12. The van der Waals surface area contributed by atoms with Crippen LogP contribution >= 0.6 is 0 Å². The van der Waals surface area contributed by atoms with Gasteiger partial charge in [-0.1, -0.05) is 0 Å². The van der Waals surface area contributed by atoms with Gasteiger partial charge in [-0.05, 0) is 45.1 Å². The molecule has 1 N–H and O–H groups in total. The molecule has 6 nitrogen and oxygen atoms in total. The monoisotopic (exact) mass is 323 g/mol. The van der Waals surface area contributed by atoms with Crippen molar-refractivity contribution in [3.05, 3.63) is 0 Å². The molecule has 0 aromatic heterocycles. The number of amides is 2. The van der Waals surface area contributed by atoms with Gasteiger partial charge < -0.3 is 15.0 Å². The zero-order valence-electron chi connectivity index (χ0n) is 14.0. The van der Waals surface area contributed by atoms with E-state index in [4.69, 9.17) is 4.74 Å². The number of ether oxygens (including phenoxy) is 1. The highest BCUT2D eigenvalue weighted by Gasteiger charge is 2.32. The first-order chi connectivity index (χ1) is 11.2. The van der Waals surface area contributed by atoms with Gasteiger partial charge in [0.05, 0.1) is 18.6 Å². The van der Waals surface area contributed by atoms with Crippen LogP contribution in [0.1, 0.15) is 38.5 Å². The lowest BCUT2D eigenvalue weighted by molar-refractivity contribution is -0.136. The number of hydrogen-bond acceptors (Lipinski definition) is 4. The number of carbonyl (C=O) groups excluding carboxylic acids is 2. The minimum Gasteiger partial charge on any atom is -0.376 e. The van der Waals surface area contributed by atoms with E-state index in [1.165, 1.54) is 6.42 Å². The Bertz CT molecular complexity index is 417. The Morgan fingerprint density at radius 2 is 1.87 bits per heavy atom. The predicted molar refractivity (Wildman–Crippen MR) is 87.0 cm³/mol. The number of nitrogens with one attached hydrogen (secondary N) is 1. The van der Waals surface area contributed by atoms with E-state index in [-0.39, 0.29) is 17.9 Å². The maximum Gasteiger partial charge on any atom is 0.234 e. The predicted octanol–water partition coefficient (Wildman–Crippen LogP) is 0.616. The summed E-state index contributed by atoms with van der Waals surface area (Å²) in [6.07, 6.45) is 6.70. The van der Waals surface area contributed by atoms with Crippen molar-refractivity contribution in [1.29, 1.82) is 0 Å². The molecule has 3 heterocycles. The van der Waals surface area contributed by atoms with Gasteiger partial charge in [0.2, 0.25) is 11.8 Å². The van der Waals surface area contributed by atoms with E-state index in [0.717, 1.165) is 64.9 Å². The number of piperidine rings is 1. The van der Waals surface area contributed by atoms with Gasteiger partial charge in [-0.2, -0.15) is 0 Å². The number of hydrogen-bond donors (Lipinski definition) is 1. The van der Waals surface area contributed by atoms with Gasteiger partial charge in [-0.15, -0.1) is 0 Å². The van der Waals surface area contributed by atoms with Gasteiger partial charge in [0.25, 0.3) is 0 Å². The van der Waals surface area contributed by atoms with Crippen LogP contribution < -0.4 is 5.32 Å².